The minimum absolute atomic E-state index is 0.0429. The van der Waals surface area contributed by atoms with Crippen LogP contribution in [0.3, 0.4) is 0 Å². The first kappa shape index (κ1) is 9.98. The molecule has 1 saturated heterocycles. The fourth-order valence-corrected chi connectivity index (χ4v) is 1.59. The van der Waals surface area contributed by atoms with Crippen molar-refractivity contribution in [2.45, 2.75) is 18.6 Å². The van der Waals surface area contributed by atoms with E-state index in [2.05, 4.69) is 5.32 Å². The van der Waals surface area contributed by atoms with Crippen molar-refractivity contribution in [3.8, 4) is 0 Å². The van der Waals surface area contributed by atoms with Gasteiger partial charge in [0.25, 0.3) is 0 Å². The number of carbonyl (C=O) groups is 1. The van der Waals surface area contributed by atoms with Crippen LogP contribution >= 0.6 is 0 Å². The van der Waals surface area contributed by atoms with Crippen LogP contribution < -0.4 is 5.32 Å². The molecular formula is C11H13NO3. The highest BCUT2D eigenvalue weighted by Crippen LogP contribution is 2.17. The molecule has 15 heavy (non-hydrogen) atoms. The van der Waals surface area contributed by atoms with Gasteiger partial charge < -0.3 is 15.2 Å². The molecule has 1 aliphatic rings. The van der Waals surface area contributed by atoms with Gasteiger partial charge in [0.05, 0.1) is 12.6 Å². The third-order valence-electron chi connectivity index (χ3n) is 2.42. The minimum atomic E-state index is -0.994. The van der Waals surface area contributed by atoms with Crippen LogP contribution in [0.5, 0.6) is 0 Å². The van der Waals surface area contributed by atoms with Crippen molar-refractivity contribution >= 4 is 6.09 Å². The topological polar surface area (TPSA) is 61.9 Å². The highest BCUT2D eigenvalue weighted by molar-refractivity contribution is 5.65. The molecule has 0 unspecified atom stereocenters. The van der Waals surface area contributed by atoms with E-state index in [1.165, 1.54) is 0 Å². The summed E-state index contributed by atoms with van der Waals surface area (Å²) in [6.45, 7) is 0.651. The minimum Gasteiger partial charge on any atom is -0.465 e. The molecular weight excluding hydrogens is 194 g/mol. The molecule has 4 heteroatoms. The lowest BCUT2D eigenvalue weighted by Gasteiger charge is -2.14. The second-order valence-corrected chi connectivity index (χ2v) is 3.62. The normalized spacial score (nSPS) is 20.7. The molecule has 1 heterocycles. The highest BCUT2D eigenvalue weighted by Gasteiger charge is 2.33. The fraction of sp³-hybridized carbons (Fsp3) is 0.364. The summed E-state index contributed by atoms with van der Waals surface area (Å²) in [6.07, 6.45) is -0.273. The number of hydrogen-bond acceptors (Lipinski definition) is 2. The number of rotatable bonds is 4. The van der Waals surface area contributed by atoms with E-state index in [1.54, 1.807) is 0 Å². The highest BCUT2D eigenvalue weighted by atomic mass is 16.6. The first-order valence-electron chi connectivity index (χ1n) is 4.90. The molecule has 2 rings (SSSR count). The summed E-state index contributed by atoms with van der Waals surface area (Å²) in [6, 6.07) is 9.67. The second-order valence-electron chi connectivity index (χ2n) is 3.62. The predicted octanol–water partition coefficient (Wildman–Crippen LogP) is 1.26. The van der Waals surface area contributed by atoms with Crippen molar-refractivity contribution < 1.29 is 14.6 Å². The SMILES string of the molecule is O=C(O)N[C@@H](Cc1ccccc1)[C@@H]1CO1. The average molecular weight is 207 g/mol. The van der Waals surface area contributed by atoms with Crippen molar-refractivity contribution in [2.75, 3.05) is 6.61 Å². The number of carboxylic acid groups (broad SMARTS) is 1. The van der Waals surface area contributed by atoms with Gasteiger partial charge in [-0.15, -0.1) is 0 Å². The summed E-state index contributed by atoms with van der Waals surface area (Å²) >= 11 is 0. The Balaban J connectivity index is 1.97. The van der Waals surface area contributed by atoms with Gasteiger partial charge in [-0.25, -0.2) is 4.79 Å². The van der Waals surface area contributed by atoms with E-state index < -0.39 is 6.09 Å². The number of ether oxygens (including phenoxy) is 1. The van der Waals surface area contributed by atoms with E-state index in [1.807, 2.05) is 30.3 Å². The number of nitrogens with one attached hydrogen (secondary N) is 1. The van der Waals surface area contributed by atoms with E-state index in [0.29, 0.717) is 13.0 Å². The van der Waals surface area contributed by atoms with Gasteiger partial charge in [0.1, 0.15) is 6.10 Å². The summed E-state index contributed by atoms with van der Waals surface area (Å²) in [5.41, 5.74) is 1.12. The maximum Gasteiger partial charge on any atom is 0.404 e. The molecule has 0 aliphatic carbocycles. The van der Waals surface area contributed by atoms with Crippen LogP contribution in [-0.4, -0.2) is 30.0 Å². The van der Waals surface area contributed by atoms with E-state index >= 15 is 0 Å². The lowest BCUT2D eigenvalue weighted by molar-refractivity contribution is 0.186. The van der Waals surface area contributed by atoms with Crippen LogP contribution in [0.2, 0.25) is 0 Å². The predicted molar refractivity (Wildman–Crippen MR) is 54.8 cm³/mol. The summed E-state index contributed by atoms with van der Waals surface area (Å²) in [5, 5.41) is 11.2. The third-order valence-corrected chi connectivity index (χ3v) is 2.42. The van der Waals surface area contributed by atoms with Gasteiger partial charge in [0, 0.05) is 0 Å². The van der Waals surface area contributed by atoms with Crippen LogP contribution in [-0.2, 0) is 11.2 Å². The van der Waals surface area contributed by atoms with E-state index in [-0.39, 0.29) is 12.1 Å². The van der Waals surface area contributed by atoms with Crippen molar-refractivity contribution in [1.82, 2.24) is 5.32 Å². The Kier molecular flexibility index (Phi) is 2.87. The van der Waals surface area contributed by atoms with Crippen molar-refractivity contribution in [3.05, 3.63) is 35.9 Å². The lowest BCUT2D eigenvalue weighted by Crippen LogP contribution is -2.39. The molecule has 2 atom stereocenters. The van der Waals surface area contributed by atoms with E-state index in [0.717, 1.165) is 5.56 Å². The van der Waals surface area contributed by atoms with Gasteiger partial charge in [0.2, 0.25) is 0 Å². The molecule has 80 valence electrons. The Bertz CT molecular complexity index is 335. The van der Waals surface area contributed by atoms with Gasteiger partial charge in [-0.1, -0.05) is 30.3 Å². The van der Waals surface area contributed by atoms with Gasteiger partial charge in [-0.2, -0.15) is 0 Å². The molecule has 0 aromatic heterocycles. The van der Waals surface area contributed by atoms with E-state index in [4.69, 9.17) is 9.84 Å². The molecule has 0 bridgehead atoms. The van der Waals surface area contributed by atoms with Gasteiger partial charge >= 0.3 is 6.09 Å². The maximum absolute atomic E-state index is 10.6. The first-order chi connectivity index (χ1) is 7.25. The molecule has 0 radical (unpaired) electrons. The molecule has 1 aromatic rings. The van der Waals surface area contributed by atoms with Crippen LogP contribution in [0, 0.1) is 0 Å². The molecule has 2 N–H and O–H groups in total. The molecule has 1 aromatic carbocycles. The molecule has 1 amide bonds. The Morgan fingerprint density at radius 2 is 2.20 bits per heavy atom. The Hall–Kier alpha value is -1.55. The molecule has 1 aliphatic heterocycles. The summed E-state index contributed by atoms with van der Waals surface area (Å²) in [5.74, 6) is 0. The standard InChI is InChI=1S/C11H13NO3/c13-11(14)12-9(10-7-15-10)6-8-4-2-1-3-5-8/h1-5,9-10,12H,6-7H2,(H,13,14)/t9-,10-/m0/s1. The van der Waals surface area contributed by atoms with Crippen molar-refractivity contribution in [1.29, 1.82) is 0 Å². The Labute approximate surface area is 87.9 Å². The quantitative estimate of drug-likeness (QED) is 0.731. The van der Waals surface area contributed by atoms with Crippen LogP contribution in [0.1, 0.15) is 5.56 Å². The zero-order chi connectivity index (χ0) is 10.7. The van der Waals surface area contributed by atoms with Crippen molar-refractivity contribution in [3.63, 3.8) is 0 Å². The zero-order valence-electron chi connectivity index (χ0n) is 8.22. The summed E-state index contributed by atoms with van der Waals surface area (Å²) in [7, 11) is 0. The number of hydrogen-bond donors (Lipinski definition) is 2. The number of amides is 1. The molecule has 4 nitrogen and oxygen atoms in total. The third kappa shape index (κ3) is 2.95. The van der Waals surface area contributed by atoms with Crippen LogP contribution in [0.15, 0.2) is 30.3 Å². The van der Waals surface area contributed by atoms with Crippen LogP contribution in [0.25, 0.3) is 0 Å². The summed E-state index contributed by atoms with van der Waals surface area (Å²) in [4.78, 5) is 10.6. The van der Waals surface area contributed by atoms with Crippen LogP contribution in [0.4, 0.5) is 4.79 Å². The Morgan fingerprint density at radius 3 is 2.73 bits per heavy atom. The molecule has 1 fully saturated rings. The summed E-state index contributed by atoms with van der Waals surface area (Å²) < 4.78 is 5.12. The molecule has 0 spiro atoms. The maximum atomic E-state index is 10.6. The smallest absolute Gasteiger partial charge is 0.404 e. The first-order valence-corrected chi connectivity index (χ1v) is 4.90. The van der Waals surface area contributed by atoms with Crippen molar-refractivity contribution in [2.24, 2.45) is 0 Å². The monoisotopic (exact) mass is 207 g/mol. The largest absolute Gasteiger partial charge is 0.465 e. The fourth-order valence-electron chi connectivity index (χ4n) is 1.59. The van der Waals surface area contributed by atoms with Gasteiger partial charge in [-0.05, 0) is 12.0 Å². The average Bonchev–Trinajstić information content (AvgIpc) is 3.01. The Morgan fingerprint density at radius 1 is 1.53 bits per heavy atom. The number of epoxide rings is 1. The van der Waals surface area contributed by atoms with E-state index in [9.17, 15) is 4.79 Å². The van der Waals surface area contributed by atoms with Gasteiger partial charge in [-0.3, -0.25) is 0 Å². The zero-order valence-corrected chi connectivity index (χ0v) is 8.22. The second kappa shape index (κ2) is 4.31. The van der Waals surface area contributed by atoms with Gasteiger partial charge in [0.15, 0.2) is 0 Å². The lowest BCUT2D eigenvalue weighted by atomic mass is 10.0. The number of benzene rings is 1. The molecule has 0 saturated carbocycles.